The summed E-state index contributed by atoms with van der Waals surface area (Å²) >= 11 is 0. The van der Waals surface area contributed by atoms with Crippen molar-refractivity contribution in [1.29, 1.82) is 0 Å². The predicted molar refractivity (Wildman–Crippen MR) is 224 cm³/mol. The zero-order valence-electron chi connectivity index (χ0n) is 31.2. The van der Waals surface area contributed by atoms with Crippen LogP contribution in [0.1, 0.15) is 16.7 Å². The number of aromatic nitrogens is 6. The molecule has 0 aliphatic heterocycles. The summed E-state index contributed by atoms with van der Waals surface area (Å²) in [5.41, 5.74) is 7.44. The van der Waals surface area contributed by atoms with Crippen LogP contribution in [-0.4, -0.2) is 66.3 Å². The van der Waals surface area contributed by atoms with Gasteiger partial charge in [0.2, 0.25) is 0 Å². The fraction of sp³-hybridized carbons (Fsp3) is 0.0476. The number of rotatable bonds is 10. The highest BCUT2D eigenvalue weighted by molar-refractivity contribution is 7.86. The maximum absolute atomic E-state index is 12.6. The Balaban J connectivity index is 0.842. The first-order valence-corrected chi connectivity index (χ1v) is 21.3. The minimum atomic E-state index is -4.57. The van der Waals surface area contributed by atoms with Gasteiger partial charge in [0.15, 0.2) is 0 Å². The van der Waals surface area contributed by atoms with Crippen molar-refractivity contribution < 1.29 is 35.8 Å². The number of nitrogens with zero attached hydrogens (tertiary/aromatic N) is 8. The number of hydrogen-bond acceptors (Lipinski definition) is 8. The van der Waals surface area contributed by atoms with Gasteiger partial charge in [0.25, 0.3) is 20.2 Å². The number of azo groups is 1. The van der Waals surface area contributed by atoms with Crippen LogP contribution in [0.15, 0.2) is 141 Å². The fourth-order valence-corrected chi connectivity index (χ4v) is 9.12. The Bertz CT molecular complexity index is 3810. The van der Waals surface area contributed by atoms with Crippen LogP contribution in [0.5, 0.6) is 5.75 Å². The molecule has 18 heteroatoms. The van der Waals surface area contributed by atoms with E-state index < -0.39 is 20.2 Å². The Hall–Kier alpha value is -7.22. The molecule has 4 aromatic heterocycles. The minimum absolute atomic E-state index is 0.188. The number of aliphatic hydroxyl groups excluding tert-OH is 1. The quantitative estimate of drug-likeness (QED) is 0.0700. The van der Waals surface area contributed by atoms with E-state index in [2.05, 4.69) is 10.2 Å². The number of aliphatic hydroxyl groups is 1. The molecule has 11 rings (SSSR count). The maximum Gasteiger partial charge on any atom is 0.295 e. The summed E-state index contributed by atoms with van der Waals surface area (Å²) in [5, 5.41) is 22.8. The molecule has 0 amide bonds. The van der Waals surface area contributed by atoms with E-state index in [0.717, 1.165) is 43.8 Å². The molecule has 0 radical (unpaired) electrons. The van der Waals surface area contributed by atoms with Gasteiger partial charge in [-0.05, 0) is 76.5 Å². The lowest BCUT2D eigenvalue weighted by Gasteiger charge is -2.09. The summed E-state index contributed by atoms with van der Waals surface area (Å²) < 4.78 is 81.6. The molecule has 0 aliphatic rings. The lowest BCUT2D eigenvalue weighted by Crippen LogP contribution is -2.02. The van der Waals surface area contributed by atoms with Crippen LogP contribution in [0.3, 0.4) is 0 Å². The molecule has 298 valence electrons. The molecule has 3 N–H and O–H groups in total. The summed E-state index contributed by atoms with van der Waals surface area (Å²) in [5.74, 6) is 0.465. The Morgan fingerprint density at radius 2 is 1.35 bits per heavy atom. The summed E-state index contributed by atoms with van der Waals surface area (Å²) in [6, 6.07) is 35.6. The van der Waals surface area contributed by atoms with Gasteiger partial charge in [0, 0.05) is 22.4 Å². The lowest BCUT2D eigenvalue weighted by molar-refractivity contribution is 0.282. The lowest BCUT2D eigenvalue weighted by atomic mass is 10.1. The monoisotopic (exact) mass is 838 g/mol. The van der Waals surface area contributed by atoms with Gasteiger partial charge in [-0.3, -0.25) is 9.11 Å². The molecule has 0 fully saturated rings. The zero-order valence-corrected chi connectivity index (χ0v) is 32.8. The van der Waals surface area contributed by atoms with Crippen LogP contribution in [-0.2, 0) is 26.8 Å². The van der Waals surface area contributed by atoms with Gasteiger partial charge in [-0.15, -0.1) is 23.3 Å². The van der Waals surface area contributed by atoms with E-state index in [0.29, 0.717) is 45.0 Å². The highest BCUT2D eigenvalue weighted by Crippen LogP contribution is 2.39. The summed E-state index contributed by atoms with van der Waals surface area (Å²) in [6.45, 7) is -0.330. The second-order valence-corrected chi connectivity index (χ2v) is 17.1. The van der Waals surface area contributed by atoms with Gasteiger partial charge < -0.3 is 9.84 Å². The van der Waals surface area contributed by atoms with Crippen molar-refractivity contribution in [1.82, 2.24) is 28.1 Å². The summed E-state index contributed by atoms with van der Waals surface area (Å²) in [4.78, 5) is 3.29. The Morgan fingerprint density at radius 1 is 0.650 bits per heavy atom. The zero-order chi connectivity index (χ0) is 41.2. The molecule has 11 aromatic rings. The summed E-state index contributed by atoms with van der Waals surface area (Å²) in [7, 11) is -7.39. The van der Waals surface area contributed by atoms with Crippen molar-refractivity contribution in [3.8, 4) is 17.1 Å². The molecular formula is C42H30N8O8S2. The topological polar surface area (TPSA) is 190 Å². The Morgan fingerprint density at radius 3 is 2.07 bits per heavy atom. The van der Waals surface area contributed by atoms with Crippen molar-refractivity contribution in [3.63, 3.8) is 0 Å². The van der Waals surface area contributed by atoms with Crippen LogP contribution in [0.2, 0.25) is 0 Å². The molecule has 0 aliphatic carbocycles. The number of fused-ring (bicyclic) bond motifs is 12. The number of ether oxygens (including phenoxy) is 1. The van der Waals surface area contributed by atoms with Crippen LogP contribution < -0.4 is 4.74 Å². The van der Waals surface area contributed by atoms with E-state index in [1.807, 2.05) is 70.6 Å². The molecule has 4 heterocycles. The molecule has 16 nitrogen and oxygen atoms in total. The van der Waals surface area contributed by atoms with E-state index in [1.54, 1.807) is 72.8 Å². The molecule has 0 spiro atoms. The fourth-order valence-electron chi connectivity index (χ4n) is 7.90. The summed E-state index contributed by atoms with van der Waals surface area (Å²) in [6.07, 6.45) is 3.36. The second-order valence-electron chi connectivity index (χ2n) is 14.3. The van der Waals surface area contributed by atoms with Crippen molar-refractivity contribution >= 4 is 87.4 Å². The third kappa shape index (κ3) is 5.46. The van der Waals surface area contributed by atoms with Gasteiger partial charge in [-0.1, -0.05) is 72.8 Å². The SMILES string of the molecule is COc1cc(N=Nc2ccc(C=Cc3ccc(-n4n5c6ccc7ccccc7c6n45)cc3S(=O)(=O)O)cc2)c(CO)cc1-n1n2c3ccc4cc(S(=O)(=O)O)ccc4c3n12. The molecule has 0 saturated carbocycles. The minimum Gasteiger partial charge on any atom is -0.494 e. The van der Waals surface area contributed by atoms with Gasteiger partial charge in [0.05, 0.1) is 35.7 Å². The van der Waals surface area contributed by atoms with Crippen molar-refractivity contribution in [2.24, 2.45) is 10.2 Å². The number of hydrogen-bond donors (Lipinski definition) is 3. The molecule has 0 saturated heterocycles. The molecular weight excluding hydrogens is 809 g/mol. The van der Waals surface area contributed by atoms with E-state index in [9.17, 15) is 31.0 Å². The first-order valence-electron chi connectivity index (χ1n) is 18.4. The maximum atomic E-state index is 12.6. The van der Waals surface area contributed by atoms with Crippen molar-refractivity contribution in [3.05, 3.63) is 138 Å². The molecule has 0 unspecified atom stereocenters. The van der Waals surface area contributed by atoms with Gasteiger partial charge >= 0.3 is 0 Å². The highest BCUT2D eigenvalue weighted by atomic mass is 32.2. The van der Waals surface area contributed by atoms with Crippen LogP contribution in [0, 0.1) is 0 Å². The number of methoxy groups -OCH3 is 1. The third-order valence-electron chi connectivity index (χ3n) is 10.9. The van der Waals surface area contributed by atoms with E-state index >= 15 is 0 Å². The first kappa shape index (κ1) is 35.9. The average Bonchev–Trinajstić information content (AvgIpc) is 4.10. The second kappa shape index (κ2) is 12.6. The van der Waals surface area contributed by atoms with E-state index in [1.165, 1.54) is 25.3 Å². The van der Waals surface area contributed by atoms with Crippen LogP contribution >= 0.6 is 0 Å². The third-order valence-corrected chi connectivity index (χ3v) is 12.6. The smallest absolute Gasteiger partial charge is 0.295 e. The average molecular weight is 839 g/mol. The first-order chi connectivity index (χ1) is 28.9. The molecule has 0 atom stereocenters. The molecule has 0 bridgehead atoms. The largest absolute Gasteiger partial charge is 0.494 e. The van der Waals surface area contributed by atoms with Gasteiger partial charge in [-0.25, -0.2) is 0 Å². The van der Waals surface area contributed by atoms with Crippen LogP contribution in [0.25, 0.3) is 67.1 Å². The number of benzene rings is 7. The van der Waals surface area contributed by atoms with Gasteiger partial charge in [0.1, 0.15) is 38.4 Å². The normalized spacial score (nSPS) is 13.2. The standard InChI is InChI=1S/C42H30N8O8S2/c1-58-39-23-35(29(24-51)21-38(39)48-47-37-19-12-28-20-32(59(52,53)54)16-17-34(28)42(37)50(47)48)44-43-30-13-7-25(8-14-30)6-9-27-10-15-31(22-40(27)60(55,56)57)45-46-36-18-11-26-4-2-3-5-33(26)41(36)49(45)46/h2-23,51H,24H2,1H3,(H,52,53,54)(H,55,56,57). The van der Waals surface area contributed by atoms with Crippen molar-refractivity contribution in [2.45, 2.75) is 16.4 Å². The van der Waals surface area contributed by atoms with E-state index in [4.69, 9.17) is 4.74 Å². The van der Waals surface area contributed by atoms with Gasteiger partial charge in [-0.2, -0.15) is 31.9 Å². The van der Waals surface area contributed by atoms with E-state index in [-0.39, 0.29) is 16.4 Å². The molecule has 60 heavy (non-hydrogen) atoms. The van der Waals surface area contributed by atoms with Crippen molar-refractivity contribution in [2.75, 3.05) is 7.11 Å². The Kier molecular flexibility index (Phi) is 7.56. The highest BCUT2D eigenvalue weighted by Gasteiger charge is 2.30. The molecule has 7 aromatic carbocycles. The Labute approximate surface area is 338 Å². The predicted octanol–water partition coefficient (Wildman–Crippen LogP) is 8.04. The van der Waals surface area contributed by atoms with Crippen LogP contribution in [0.4, 0.5) is 11.4 Å².